The summed E-state index contributed by atoms with van der Waals surface area (Å²) in [6.07, 6.45) is 4.14. The van der Waals surface area contributed by atoms with Gasteiger partial charge >= 0.3 is 0 Å². The fourth-order valence-corrected chi connectivity index (χ4v) is 2.64. The van der Waals surface area contributed by atoms with E-state index >= 15 is 0 Å². The minimum absolute atomic E-state index is 0.0948. The molecule has 1 aliphatic carbocycles. The molecule has 0 spiro atoms. The first-order chi connectivity index (χ1) is 8.03. The molecule has 1 heterocycles. The highest BCUT2D eigenvalue weighted by molar-refractivity contribution is 5.42. The largest absolute Gasteiger partial charge is 0.487 e. The predicted molar refractivity (Wildman–Crippen MR) is 67.2 cm³/mol. The molecule has 1 saturated carbocycles. The highest BCUT2D eigenvalue weighted by Gasteiger charge is 2.31. The van der Waals surface area contributed by atoms with E-state index in [1.807, 2.05) is 12.1 Å². The maximum Gasteiger partial charge on any atom is 0.123 e. The first-order valence-electron chi connectivity index (χ1n) is 6.53. The van der Waals surface area contributed by atoms with Crippen LogP contribution in [-0.2, 0) is 6.42 Å². The number of hydrogen-bond donors (Lipinski definition) is 1. The molecule has 1 unspecified atom stereocenters. The van der Waals surface area contributed by atoms with Crippen LogP contribution in [0, 0.1) is 5.92 Å². The SMILES string of the molecule is CC1(C)Cc2cc(C(O)CC3CC3)ccc2O1. The first kappa shape index (κ1) is 11.1. The van der Waals surface area contributed by atoms with Crippen LogP contribution in [0.1, 0.15) is 50.3 Å². The van der Waals surface area contributed by atoms with Crippen LogP contribution in [0.15, 0.2) is 18.2 Å². The van der Waals surface area contributed by atoms with Crippen molar-refractivity contribution in [1.29, 1.82) is 0 Å². The van der Waals surface area contributed by atoms with Gasteiger partial charge in [-0.25, -0.2) is 0 Å². The summed E-state index contributed by atoms with van der Waals surface area (Å²) < 4.78 is 5.84. The monoisotopic (exact) mass is 232 g/mol. The van der Waals surface area contributed by atoms with Gasteiger partial charge in [-0.1, -0.05) is 18.9 Å². The van der Waals surface area contributed by atoms with Crippen molar-refractivity contribution in [3.63, 3.8) is 0 Å². The molecule has 1 aromatic carbocycles. The average molecular weight is 232 g/mol. The van der Waals surface area contributed by atoms with Crippen LogP contribution in [0.2, 0.25) is 0 Å². The lowest BCUT2D eigenvalue weighted by Gasteiger charge is -2.16. The maximum atomic E-state index is 10.2. The van der Waals surface area contributed by atoms with Crippen LogP contribution in [0.4, 0.5) is 0 Å². The van der Waals surface area contributed by atoms with Crippen molar-refractivity contribution in [3.05, 3.63) is 29.3 Å². The molecule has 1 aromatic rings. The van der Waals surface area contributed by atoms with Gasteiger partial charge < -0.3 is 9.84 Å². The standard InChI is InChI=1S/C15H20O2/c1-15(2)9-12-8-11(5-6-14(12)17-15)13(16)7-10-3-4-10/h5-6,8,10,13,16H,3-4,7,9H2,1-2H3. The van der Waals surface area contributed by atoms with Crippen LogP contribution in [0.3, 0.4) is 0 Å². The molecule has 0 amide bonds. The van der Waals surface area contributed by atoms with E-state index in [1.54, 1.807) is 0 Å². The first-order valence-corrected chi connectivity index (χ1v) is 6.53. The summed E-state index contributed by atoms with van der Waals surface area (Å²) in [7, 11) is 0. The van der Waals surface area contributed by atoms with Crippen LogP contribution >= 0.6 is 0 Å². The van der Waals surface area contributed by atoms with Crippen molar-refractivity contribution in [3.8, 4) is 5.75 Å². The van der Waals surface area contributed by atoms with Crippen LogP contribution < -0.4 is 4.74 Å². The summed E-state index contributed by atoms with van der Waals surface area (Å²) in [6, 6.07) is 6.14. The Bertz CT molecular complexity index is 433. The second-order valence-electron chi connectivity index (χ2n) is 6.10. The van der Waals surface area contributed by atoms with E-state index in [-0.39, 0.29) is 11.7 Å². The Morgan fingerprint density at radius 3 is 2.88 bits per heavy atom. The number of hydrogen-bond acceptors (Lipinski definition) is 2. The molecule has 2 heteroatoms. The topological polar surface area (TPSA) is 29.5 Å². The number of aliphatic hydroxyl groups is 1. The fourth-order valence-electron chi connectivity index (χ4n) is 2.64. The summed E-state index contributed by atoms with van der Waals surface area (Å²) in [4.78, 5) is 0. The van der Waals surface area contributed by atoms with Crippen molar-refractivity contribution >= 4 is 0 Å². The van der Waals surface area contributed by atoms with Gasteiger partial charge in [0.25, 0.3) is 0 Å². The lowest BCUT2D eigenvalue weighted by Crippen LogP contribution is -2.24. The van der Waals surface area contributed by atoms with E-state index in [0.717, 1.165) is 30.1 Å². The Morgan fingerprint density at radius 2 is 2.18 bits per heavy atom. The summed E-state index contributed by atoms with van der Waals surface area (Å²) in [5.74, 6) is 1.74. The molecule has 0 radical (unpaired) electrons. The Morgan fingerprint density at radius 1 is 1.41 bits per heavy atom. The number of fused-ring (bicyclic) bond motifs is 1. The molecule has 0 aromatic heterocycles. The zero-order chi connectivity index (χ0) is 12.0. The predicted octanol–water partition coefficient (Wildman–Crippen LogP) is 3.23. The fraction of sp³-hybridized carbons (Fsp3) is 0.600. The van der Waals surface area contributed by atoms with Crippen LogP contribution in [-0.4, -0.2) is 10.7 Å². The second-order valence-corrected chi connectivity index (χ2v) is 6.10. The highest BCUT2D eigenvalue weighted by Crippen LogP contribution is 2.40. The quantitative estimate of drug-likeness (QED) is 0.867. The van der Waals surface area contributed by atoms with Crippen molar-refractivity contribution in [2.75, 3.05) is 0 Å². The third-order valence-electron chi connectivity index (χ3n) is 3.73. The zero-order valence-corrected chi connectivity index (χ0v) is 10.6. The molecule has 2 nitrogen and oxygen atoms in total. The Balaban J connectivity index is 1.79. The van der Waals surface area contributed by atoms with Gasteiger partial charge in [0.05, 0.1) is 6.10 Å². The summed E-state index contributed by atoms with van der Waals surface area (Å²) >= 11 is 0. The molecule has 1 aliphatic heterocycles. The Hall–Kier alpha value is -1.02. The molecular weight excluding hydrogens is 212 g/mol. The number of rotatable bonds is 3. The summed E-state index contributed by atoms with van der Waals surface area (Å²) in [5.41, 5.74) is 2.20. The van der Waals surface area contributed by atoms with Gasteiger partial charge in [0, 0.05) is 6.42 Å². The summed E-state index contributed by atoms with van der Waals surface area (Å²) in [6.45, 7) is 4.21. The van der Waals surface area contributed by atoms with Gasteiger partial charge in [0.1, 0.15) is 11.4 Å². The molecule has 92 valence electrons. The van der Waals surface area contributed by atoms with E-state index < -0.39 is 0 Å². The minimum atomic E-state index is -0.295. The third-order valence-corrected chi connectivity index (χ3v) is 3.73. The second kappa shape index (κ2) is 3.74. The smallest absolute Gasteiger partial charge is 0.123 e. The van der Waals surface area contributed by atoms with E-state index in [4.69, 9.17) is 4.74 Å². The van der Waals surface area contributed by atoms with Gasteiger partial charge in [0.15, 0.2) is 0 Å². The van der Waals surface area contributed by atoms with Crippen LogP contribution in [0.25, 0.3) is 0 Å². The van der Waals surface area contributed by atoms with Gasteiger partial charge in [-0.2, -0.15) is 0 Å². The molecular formula is C15H20O2. The molecule has 2 aliphatic rings. The molecule has 1 fully saturated rings. The molecule has 1 atom stereocenters. The number of ether oxygens (including phenoxy) is 1. The van der Waals surface area contributed by atoms with E-state index in [2.05, 4.69) is 19.9 Å². The van der Waals surface area contributed by atoms with E-state index in [0.29, 0.717) is 0 Å². The lowest BCUT2D eigenvalue weighted by atomic mass is 9.97. The van der Waals surface area contributed by atoms with E-state index in [1.165, 1.54) is 18.4 Å². The van der Waals surface area contributed by atoms with Crippen molar-refractivity contribution in [2.45, 2.75) is 51.2 Å². The van der Waals surface area contributed by atoms with Gasteiger partial charge in [-0.05, 0) is 49.4 Å². The number of aliphatic hydroxyl groups excluding tert-OH is 1. The van der Waals surface area contributed by atoms with Crippen molar-refractivity contribution in [2.24, 2.45) is 5.92 Å². The van der Waals surface area contributed by atoms with Crippen molar-refractivity contribution in [1.82, 2.24) is 0 Å². The molecule has 1 N–H and O–H groups in total. The van der Waals surface area contributed by atoms with Crippen molar-refractivity contribution < 1.29 is 9.84 Å². The highest BCUT2D eigenvalue weighted by atomic mass is 16.5. The normalized spacial score (nSPS) is 23.0. The molecule has 0 saturated heterocycles. The zero-order valence-electron chi connectivity index (χ0n) is 10.6. The number of benzene rings is 1. The molecule has 17 heavy (non-hydrogen) atoms. The van der Waals surface area contributed by atoms with Gasteiger partial charge in [0.2, 0.25) is 0 Å². The van der Waals surface area contributed by atoms with E-state index in [9.17, 15) is 5.11 Å². The lowest BCUT2D eigenvalue weighted by molar-refractivity contribution is 0.138. The molecule has 0 bridgehead atoms. The maximum absolute atomic E-state index is 10.2. The summed E-state index contributed by atoms with van der Waals surface area (Å²) in [5, 5.41) is 10.2. The Labute approximate surface area is 103 Å². The molecule has 3 rings (SSSR count). The Kier molecular flexibility index (Phi) is 2.44. The minimum Gasteiger partial charge on any atom is -0.487 e. The average Bonchev–Trinajstić information content (AvgIpc) is 2.97. The third kappa shape index (κ3) is 2.32. The van der Waals surface area contributed by atoms with Gasteiger partial charge in [-0.15, -0.1) is 0 Å². The van der Waals surface area contributed by atoms with Gasteiger partial charge in [-0.3, -0.25) is 0 Å². The van der Waals surface area contributed by atoms with Crippen LogP contribution in [0.5, 0.6) is 5.75 Å².